The van der Waals surface area contributed by atoms with E-state index in [1.165, 1.54) is 186 Å². The summed E-state index contributed by atoms with van der Waals surface area (Å²) in [4.78, 5) is 37.6. The lowest BCUT2D eigenvalue weighted by atomic mass is 10.0. The van der Waals surface area contributed by atoms with Crippen LogP contribution in [0, 0.1) is 0 Å². The van der Waals surface area contributed by atoms with Gasteiger partial charge in [0.05, 0.1) is 40.3 Å². The Morgan fingerprint density at radius 2 is 0.581 bits per heavy atom. The molecule has 0 aromatic rings. The number of hydrogen-bond acceptors (Lipinski definition) is 8. The number of quaternary nitrogens is 1. The van der Waals surface area contributed by atoms with Crippen molar-refractivity contribution in [3.8, 4) is 0 Å². The molecule has 0 saturated heterocycles. The first-order valence-corrected chi connectivity index (χ1v) is 38.3. The van der Waals surface area contributed by atoms with E-state index in [1.54, 1.807) is 0 Å². The molecule has 0 aliphatic rings. The van der Waals surface area contributed by atoms with Crippen LogP contribution >= 0.6 is 0 Å². The van der Waals surface area contributed by atoms with E-state index in [4.69, 9.17) is 18.9 Å². The predicted molar refractivity (Wildman–Crippen MR) is 398 cm³/mol. The lowest BCUT2D eigenvalue weighted by molar-refractivity contribution is -0.870. The van der Waals surface area contributed by atoms with Crippen molar-refractivity contribution in [3.63, 3.8) is 0 Å². The minimum absolute atomic E-state index is 0.145. The number of ether oxygens (including phenoxy) is 4. The van der Waals surface area contributed by atoms with Gasteiger partial charge >= 0.3 is 11.9 Å². The van der Waals surface area contributed by atoms with Gasteiger partial charge in [0, 0.05) is 12.8 Å². The van der Waals surface area contributed by atoms with Gasteiger partial charge in [0.15, 0.2) is 12.4 Å². The fourth-order valence-corrected chi connectivity index (χ4v) is 10.6. The van der Waals surface area contributed by atoms with Crippen molar-refractivity contribution < 1.29 is 42.9 Å². The van der Waals surface area contributed by atoms with E-state index in [2.05, 4.69) is 148 Å². The van der Waals surface area contributed by atoms with Crippen LogP contribution in [0.2, 0.25) is 0 Å². The van der Waals surface area contributed by atoms with Crippen LogP contribution in [0.5, 0.6) is 0 Å². The number of aliphatic carboxylic acids is 1. The van der Waals surface area contributed by atoms with Crippen LogP contribution in [0.4, 0.5) is 0 Å². The van der Waals surface area contributed by atoms with E-state index < -0.39 is 24.3 Å². The number of carbonyl (C=O) groups is 3. The molecular formula is C84H143NO8. The molecule has 2 atom stereocenters. The monoisotopic (exact) mass is 1290 g/mol. The number of unbranched alkanes of at least 4 members (excludes halogenated alkanes) is 33. The highest BCUT2D eigenvalue weighted by Gasteiger charge is 2.22. The molecule has 0 aliphatic carbocycles. The van der Waals surface area contributed by atoms with Crippen molar-refractivity contribution in [2.75, 3.05) is 47.5 Å². The van der Waals surface area contributed by atoms with Gasteiger partial charge in [0.2, 0.25) is 0 Å². The number of likely N-dealkylation sites (N-methyl/N-ethyl adjacent to an activating group) is 1. The van der Waals surface area contributed by atoms with Gasteiger partial charge in [0.25, 0.3) is 0 Å². The molecule has 532 valence electrons. The Labute approximate surface area is 573 Å². The van der Waals surface area contributed by atoms with Crippen molar-refractivity contribution in [1.82, 2.24) is 0 Å². The average molecular weight is 1300 g/mol. The van der Waals surface area contributed by atoms with Crippen LogP contribution < -0.4 is 5.11 Å². The van der Waals surface area contributed by atoms with Crippen LogP contribution in [0.1, 0.15) is 322 Å². The molecule has 9 heteroatoms. The molecule has 0 rings (SSSR count). The molecule has 0 spiro atoms. The van der Waals surface area contributed by atoms with Gasteiger partial charge in [0.1, 0.15) is 13.2 Å². The summed E-state index contributed by atoms with van der Waals surface area (Å²) >= 11 is 0. The Hall–Kier alpha value is -4.57. The zero-order valence-electron chi connectivity index (χ0n) is 60.8. The number of allylic oxidation sites excluding steroid dienone is 22. The molecule has 0 saturated carbocycles. The summed E-state index contributed by atoms with van der Waals surface area (Å²) in [5.74, 6) is -2.27. The molecular weight excluding hydrogens is 1150 g/mol. The molecule has 93 heavy (non-hydrogen) atoms. The fourth-order valence-electron chi connectivity index (χ4n) is 10.6. The summed E-state index contributed by atoms with van der Waals surface area (Å²) in [5, 5.41) is 11.9. The molecule has 0 aliphatic heterocycles. The molecule has 0 amide bonds. The number of esters is 2. The maximum absolute atomic E-state index is 13.0. The molecule has 0 radical (unpaired) electrons. The molecule has 0 heterocycles. The van der Waals surface area contributed by atoms with Crippen LogP contribution in [-0.4, -0.2) is 82.3 Å². The van der Waals surface area contributed by atoms with E-state index in [-0.39, 0.29) is 38.6 Å². The highest BCUT2D eigenvalue weighted by molar-refractivity contribution is 5.70. The van der Waals surface area contributed by atoms with Crippen LogP contribution in [0.3, 0.4) is 0 Å². The molecule has 0 aromatic carbocycles. The first-order chi connectivity index (χ1) is 45.6. The van der Waals surface area contributed by atoms with E-state index in [9.17, 15) is 19.5 Å². The normalized spacial score (nSPS) is 13.4. The van der Waals surface area contributed by atoms with Crippen LogP contribution in [0.15, 0.2) is 134 Å². The largest absolute Gasteiger partial charge is 0.545 e. The van der Waals surface area contributed by atoms with Crippen molar-refractivity contribution in [2.24, 2.45) is 0 Å². The first-order valence-electron chi connectivity index (χ1n) is 38.3. The molecule has 9 nitrogen and oxygen atoms in total. The molecule has 0 aromatic heterocycles. The maximum Gasteiger partial charge on any atom is 0.306 e. The number of carboxylic acids is 1. The lowest BCUT2D eigenvalue weighted by Gasteiger charge is -2.26. The first kappa shape index (κ1) is 88.4. The van der Waals surface area contributed by atoms with Gasteiger partial charge in [-0.15, -0.1) is 0 Å². The highest BCUT2D eigenvalue weighted by Crippen LogP contribution is 2.18. The van der Waals surface area contributed by atoms with Gasteiger partial charge in [-0.1, -0.05) is 334 Å². The zero-order chi connectivity index (χ0) is 67.5. The minimum atomic E-state index is -1.63. The summed E-state index contributed by atoms with van der Waals surface area (Å²) in [6.45, 7) is 4.55. The summed E-state index contributed by atoms with van der Waals surface area (Å²) in [7, 11) is 5.94. The van der Waals surface area contributed by atoms with E-state index in [0.29, 0.717) is 17.4 Å². The van der Waals surface area contributed by atoms with Gasteiger partial charge in [-0.3, -0.25) is 9.59 Å². The Morgan fingerprint density at radius 1 is 0.323 bits per heavy atom. The Morgan fingerprint density at radius 3 is 0.860 bits per heavy atom. The topological polar surface area (TPSA) is 111 Å². The number of carbonyl (C=O) groups excluding carboxylic acids is 3. The van der Waals surface area contributed by atoms with E-state index in [0.717, 1.165) is 103 Å². The molecule has 0 fully saturated rings. The summed E-state index contributed by atoms with van der Waals surface area (Å²) < 4.78 is 22.8. The Kier molecular flexibility index (Phi) is 69.6. The number of carboxylic acid groups (broad SMARTS) is 1. The van der Waals surface area contributed by atoms with Gasteiger partial charge in [-0.05, 0) is 109 Å². The molecule has 0 bridgehead atoms. The fraction of sp³-hybridized carbons (Fsp3) is 0.702. The third kappa shape index (κ3) is 74.7. The second kappa shape index (κ2) is 73.2. The van der Waals surface area contributed by atoms with Crippen LogP contribution in [-0.2, 0) is 33.3 Å². The summed E-state index contributed by atoms with van der Waals surface area (Å²) in [6.07, 6.45) is 103. The van der Waals surface area contributed by atoms with Gasteiger partial charge in [-0.25, -0.2) is 0 Å². The van der Waals surface area contributed by atoms with Gasteiger partial charge < -0.3 is 33.3 Å². The summed E-state index contributed by atoms with van der Waals surface area (Å²) in [6, 6.07) is 0. The quantitative estimate of drug-likeness (QED) is 0.0195. The minimum Gasteiger partial charge on any atom is -0.545 e. The SMILES string of the molecule is CC/C=C\C/C=C\C/C=C\C/C=C\C/C=C\C/C=C\C/C=C\CCCCCCCCCCCCCCCCCCCCCC(=O)OC(COC(=O)CCCCCCCCCCCCCCCC/C=C\C/C=C\C/C=C\C/C=C\CC)COC(OCC[N+](C)(C)C)C(=O)[O-]. The second-order valence-corrected chi connectivity index (χ2v) is 26.5. The lowest BCUT2D eigenvalue weighted by Crippen LogP contribution is -2.44. The van der Waals surface area contributed by atoms with E-state index in [1.807, 2.05) is 21.1 Å². The zero-order valence-corrected chi connectivity index (χ0v) is 60.8. The van der Waals surface area contributed by atoms with Crippen molar-refractivity contribution in [3.05, 3.63) is 134 Å². The Balaban J connectivity index is 4.03. The molecule has 0 N–H and O–H groups in total. The standard InChI is InChI=1S/C84H143NO8/c1-6-8-10-12-14-16-18-20-22-24-26-28-30-32-34-35-36-37-38-39-40-41-42-43-44-45-46-47-49-51-53-55-57-59-61-63-65-67-69-71-73-75-82(87)93-80(79-92-84(83(88)89)90-77-76-85(3,4)5)78-91-81(86)74-72-70-68-66-64-62-60-58-56-54-52-50-48-33-31-29-27-25-23-21-19-17-15-13-11-9-7-2/h8-11,14-17,20-23,26-29,32,34,36-37,39-40,80,84H,6-7,12-13,18-19,24-25,30-31,33,35,38,41-79H2,1-5H3/b10-8-,11-9-,16-14-,17-15-,22-20-,23-21-,28-26-,29-27-,34-32-,37-36-,40-39-. The Bertz CT molecular complexity index is 2000. The average Bonchev–Trinajstić information content (AvgIpc) is 3.38. The maximum atomic E-state index is 13.0. The molecule has 2 unspecified atom stereocenters. The second-order valence-electron chi connectivity index (χ2n) is 26.5. The summed E-state index contributed by atoms with van der Waals surface area (Å²) in [5.41, 5.74) is 0. The van der Waals surface area contributed by atoms with Crippen LogP contribution in [0.25, 0.3) is 0 Å². The third-order valence-electron chi connectivity index (χ3n) is 16.4. The number of nitrogens with zero attached hydrogens (tertiary/aromatic N) is 1. The van der Waals surface area contributed by atoms with Gasteiger partial charge in [-0.2, -0.15) is 0 Å². The number of hydrogen-bond donors (Lipinski definition) is 0. The smallest absolute Gasteiger partial charge is 0.306 e. The van der Waals surface area contributed by atoms with Crippen molar-refractivity contribution in [1.29, 1.82) is 0 Å². The third-order valence-corrected chi connectivity index (χ3v) is 16.4. The van der Waals surface area contributed by atoms with E-state index >= 15 is 0 Å². The van der Waals surface area contributed by atoms with Crippen molar-refractivity contribution >= 4 is 17.9 Å². The number of rotatable bonds is 70. The van der Waals surface area contributed by atoms with Crippen molar-refractivity contribution in [2.45, 2.75) is 334 Å². The highest BCUT2D eigenvalue weighted by atomic mass is 16.7. The predicted octanol–water partition coefficient (Wildman–Crippen LogP) is 23.1.